The SMILES string of the molecule is CC(C)C(NC(=O)c1ccc(Cl)c(Cl)c1)C(=O)NN=Cc1ccc(OCc2ccccc2Cl)cc1. The van der Waals surface area contributed by atoms with E-state index in [-0.39, 0.29) is 10.9 Å². The lowest BCUT2D eigenvalue weighted by Gasteiger charge is -2.20. The third kappa shape index (κ3) is 7.72. The summed E-state index contributed by atoms with van der Waals surface area (Å²) in [6.07, 6.45) is 1.51. The molecular formula is C26H24Cl3N3O3. The molecule has 0 spiro atoms. The second-order valence-corrected chi connectivity index (χ2v) is 9.23. The van der Waals surface area contributed by atoms with Crippen LogP contribution in [0.2, 0.25) is 15.1 Å². The van der Waals surface area contributed by atoms with Gasteiger partial charge in [-0.05, 0) is 60.0 Å². The minimum absolute atomic E-state index is 0.175. The molecule has 1 atom stereocenters. The first-order valence-corrected chi connectivity index (χ1v) is 11.9. The van der Waals surface area contributed by atoms with Crippen LogP contribution in [0.15, 0.2) is 71.8 Å². The van der Waals surface area contributed by atoms with Crippen LogP contribution in [0.5, 0.6) is 5.75 Å². The van der Waals surface area contributed by atoms with Crippen molar-refractivity contribution in [2.45, 2.75) is 26.5 Å². The zero-order chi connectivity index (χ0) is 25.4. The van der Waals surface area contributed by atoms with Gasteiger partial charge in [-0.25, -0.2) is 5.43 Å². The lowest BCUT2D eigenvalue weighted by Crippen LogP contribution is -2.48. The van der Waals surface area contributed by atoms with Crippen molar-refractivity contribution >= 4 is 52.8 Å². The molecule has 0 aliphatic rings. The Hall–Kier alpha value is -3.06. The maximum atomic E-state index is 12.6. The van der Waals surface area contributed by atoms with Crippen LogP contribution >= 0.6 is 34.8 Å². The predicted molar refractivity (Wildman–Crippen MR) is 141 cm³/mol. The van der Waals surface area contributed by atoms with Crippen LogP contribution in [0, 0.1) is 5.92 Å². The molecule has 0 aliphatic heterocycles. The molecule has 0 saturated carbocycles. The first-order chi connectivity index (χ1) is 16.7. The van der Waals surface area contributed by atoms with Gasteiger partial charge in [-0.3, -0.25) is 9.59 Å². The summed E-state index contributed by atoms with van der Waals surface area (Å²) < 4.78 is 5.76. The van der Waals surface area contributed by atoms with Gasteiger partial charge in [-0.1, -0.05) is 66.8 Å². The van der Waals surface area contributed by atoms with Gasteiger partial charge < -0.3 is 10.1 Å². The molecule has 0 heterocycles. The van der Waals surface area contributed by atoms with Gasteiger partial charge in [0.25, 0.3) is 11.8 Å². The van der Waals surface area contributed by atoms with E-state index in [4.69, 9.17) is 39.5 Å². The van der Waals surface area contributed by atoms with E-state index in [1.165, 1.54) is 18.3 Å². The van der Waals surface area contributed by atoms with Crippen molar-refractivity contribution in [3.63, 3.8) is 0 Å². The molecule has 35 heavy (non-hydrogen) atoms. The Bertz CT molecular complexity index is 1210. The Kier molecular flexibility index (Phi) is 9.55. The Morgan fingerprint density at radius 3 is 2.31 bits per heavy atom. The van der Waals surface area contributed by atoms with E-state index in [2.05, 4.69) is 15.8 Å². The van der Waals surface area contributed by atoms with Gasteiger partial charge in [-0.2, -0.15) is 5.10 Å². The van der Waals surface area contributed by atoms with Crippen molar-refractivity contribution in [1.82, 2.24) is 10.7 Å². The van der Waals surface area contributed by atoms with Crippen molar-refractivity contribution in [2.75, 3.05) is 0 Å². The Morgan fingerprint density at radius 2 is 1.66 bits per heavy atom. The van der Waals surface area contributed by atoms with Crippen molar-refractivity contribution in [1.29, 1.82) is 0 Å². The molecule has 3 aromatic rings. The molecule has 3 rings (SSSR count). The Morgan fingerprint density at radius 1 is 0.943 bits per heavy atom. The average molecular weight is 533 g/mol. The number of benzene rings is 3. The van der Waals surface area contributed by atoms with Crippen LogP contribution in [-0.4, -0.2) is 24.1 Å². The third-order valence-electron chi connectivity index (χ3n) is 5.04. The largest absolute Gasteiger partial charge is 0.489 e. The standard InChI is InChI=1S/C26H24Cl3N3O3/c1-16(2)24(31-25(33)18-9-12-22(28)23(29)13-18)26(34)32-30-14-17-7-10-20(11-8-17)35-15-19-5-3-4-6-21(19)27/h3-14,16,24H,15H2,1-2H3,(H,31,33)(H,32,34). The van der Waals surface area contributed by atoms with Crippen molar-refractivity contribution in [3.05, 3.63) is 98.5 Å². The maximum Gasteiger partial charge on any atom is 0.262 e. The zero-order valence-corrected chi connectivity index (χ0v) is 21.4. The highest BCUT2D eigenvalue weighted by atomic mass is 35.5. The van der Waals surface area contributed by atoms with Crippen molar-refractivity contribution in [2.24, 2.45) is 11.0 Å². The zero-order valence-electron chi connectivity index (χ0n) is 19.1. The van der Waals surface area contributed by atoms with E-state index in [0.717, 1.165) is 11.1 Å². The summed E-state index contributed by atoms with van der Waals surface area (Å²) in [6, 6.07) is 18.4. The average Bonchev–Trinajstić information content (AvgIpc) is 2.84. The molecule has 2 N–H and O–H groups in total. The fourth-order valence-electron chi connectivity index (χ4n) is 3.06. The number of nitrogens with one attached hydrogen (secondary N) is 2. The summed E-state index contributed by atoms with van der Waals surface area (Å²) in [6.45, 7) is 4.00. The highest BCUT2D eigenvalue weighted by Crippen LogP contribution is 2.23. The van der Waals surface area contributed by atoms with Crippen LogP contribution in [0.1, 0.15) is 35.3 Å². The molecular weight excluding hydrogens is 509 g/mol. The number of ether oxygens (including phenoxy) is 1. The molecule has 9 heteroatoms. The van der Waals surface area contributed by atoms with E-state index >= 15 is 0 Å². The summed E-state index contributed by atoms with van der Waals surface area (Å²) in [7, 11) is 0. The van der Waals surface area contributed by atoms with E-state index in [0.29, 0.717) is 28.0 Å². The van der Waals surface area contributed by atoms with Gasteiger partial charge in [0.05, 0.1) is 16.3 Å². The number of carbonyl (C=O) groups excluding carboxylic acids is 2. The van der Waals surface area contributed by atoms with Crippen LogP contribution in [0.4, 0.5) is 0 Å². The monoisotopic (exact) mass is 531 g/mol. The minimum atomic E-state index is -0.797. The number of hydrogen-bond donors (Lipinski definition) is 2. The lowest BCUT2D eigenvalue weighted by atomic mass is 10.0. The molecule has 0 radical (unpaired) electrons. The summed E-state index contributed by atoms with van der Waals surface area (Å²) in [4.78, 5) is 25.2. The number of hydrazone groups is 1. The summed E-state index contributed by atoms with van der Waals surface area (Å²) in [5, 5.41) is 7.98. The minimum Gasteiger partial charge on any atom is -0.489 e. The number of halogens is 3. The Balaban J connectivity index is 1.54. The van der Waals surface area contributed by atoms with Crippen molar-refractivity contribution in [3.8, 4) is 5.75 Å². The van der Waals surface area contributed by atoms with Gasteiger partial charge in [-0.15, -0.1) is 0 Å². The molecule has 0 bridgehead atoms. The number of amides is 2. The van der Waals surface area contributed by atoms with Crippen LogP contribution < -0.4 is 15.5 Å². The highest BCUT2D eigenvalue weighted by Gasteiger charge is 2.24. The molecule has 182 valence electrons. The summed E-state index contributed by atoms with van der Waals surface area (Å²) in [5.74, 6) is -0.374. The third-order valence-corrected chi connectivity index (χ3v) is 6.15. The highest BCUT2D eigenvalue weighted by molar-refractivity contribution is 6.42. The molecule has 2 amide bonds. The predicted octanol–water partition coefficient (Wildman–Crippen LogP) is 6.13. The molecule has 0 aromatic heterocycles. The van der Waals surface area contributed by atoms with Gasteiger partial charge in [0.1, 0.15) is 18.4 Å². The Labute approximate surface area is 219 Å². The van der Waals surface area contributed by atoms with Gasteiger partial charge in [0.15, 0.2) is 0 Å². The van der Waals surface area contributed by atoms with Crippen LogP contribution in [-0.2, 0) is 11.4 Å². The molecule has 0 fully saturated rings. The molecule has 0 aliphatic carbocycles. The van der Waals surface area contributed by atoms with Crippen molar-refractivity contribution < 1.29 is 14.3 Å². The number of carbonyl (C=O) groups is 2. The second kappa shape index (κ2) is 12.6. The normalized spacial score (nSPS) is 11.9. The van der Waals surface area contributed by atoms with E-state index in [9.17, 15) is 9.59 Å². The maximum absolute atomic E-state index is 12.6. The van der Waals surface area contributed by atoms with Gasteiger partial charge in [0.2, 0.25) is 0 Å². The molecule has 3 aromatic carbocycles. The summed E-state index contributed by atoms with van der Waals surface area (Å²) >= 11 is 18.0. The first-order valence-electron chi connectivity index (χ1n) is 10.8. The molecule has 0 saturated heterocycles. The van der Waals surface area contributed by atoms with Gasteiger partial charge >= 0.3 is 0 Å². The quantitative estimate of drug-likeness (QED) is 0.257. The van der Waals surface area contributed by atoms with Crippen LogP contribution in [0.25, 0.3) is 0 Å². The van der Waals surface area contributed by atoms with Crippen LogP contribution in [0.3, 0.4) is 0 Å². The molecule has 6 nitrogen and oxygen atoms in total. The topological polar surface area (TPSA) is 79.8 Å². The summed E-state index contributed by atoms with van der Waals surface area (Å²) in [5.41, 5.74) is 4.44. The van der Waals surface area contributed by atoms with E-state index < -0.39 is 17.9 Å². The fourth-order valence-corrected chi connectivity index (χ4v) is 3.55. The fraction of sp³-hybridized carbons (Fsp3) is 0.192. The number of hydrogen-bond acceptors (Lipinski definition) is 4. The molecule has 1 unspecified atom stereocenters. The lowest BCUT2D eigenvalue weighted by molar-refractivity contribution is -0.123. The first kappa shape index (κ1) is 26.5. The number of rotatable bonds is 9. The number of nitrogens with zero attached hydrogens (tertiary/aromatic N) is 1. The van der Waals surface area contributed by atoms with E-state index in [1.807, 2.05) is 50.2 Å². The van der Waals surface area contributed by atoms with Gasteiger partial charge in [0, 0.05) is 16.1 Å². The second-order valence-electron chi connectivity index (χ2n) is 8.01. The smallest absolute Gasteiger partial charge is 0.262 e. The van der Waals surface area contributed by atoms with E-state index in [1.54, 1.807) is 18.2 Å².